The van der Waals surface area contributed by atoms with E-state index in [1.807, 2.05) is 12.1 Å². The molecule has 1 amide bonds. The number of nitrogens with one attached hydrogen (secondary N) is 1. The molecule has 0 aliphatic heterocycles. The second-order valence-corrected chi connectivity index (χ2v) is 4.93. The second kappa shape index (κ2) is 6.34. The number of halogens is 1. The summed E-state index contributed by atoms with van der Waals surface area (Å²) >= 11 is 3.30. The highest BCUT2D eigenvalue weighted by molar-refractivity contribution is 9.10. The van der Waals surface area contributed by atoms with Crippen LogP contribution in [0.4, 0.5) is 5.69 Å². The lowest BCUT2D eigenvalue weighted by atomic mass is 10.2. The molecule has 2 aromatic carbocycles. The van der Waals surface area contributed by atoms with Gasteiger partial charge in [-0.05, 0) is 46.3 Å². The largest absolute Gasteiger partial charge is 0.455 e. The van der Waals surface area contributed by atoms with Gasteiger partial charge in [0.05, 0.1) is 5.69 Å². The molecule has 0 fully saturated rings. The molecule has 0 radical (unpaired) electrons. The Hall–Kier alpha value is -2.14. The molecule has 0 bridgehead atoms. The standard InChI is InChI=1S/C15H12BrNO3/c1-10(19)17-14-4-2-3-5-15(14)20-12-7-6-11(9-18)13(16)8-12/h2-9H,1H3,(H,17,19). The molecule has 0 unspecified atom stereocenters. The summed E-state index contributed by atoms with van der Waals surface area (Å²) < 4.78 is 6.38. The lowest BCUT2D eigenvalue weighted by molar-refractivity contribution is -0.114. The maximum absolute atomic E-state index is 11.1. The van der Waals surface area contributed by atoms with Crippen molar-refractivity contribution in [3.05, 3.63) is 52.5 Å². The van der Waals surface area contributed by atoms with Gasteiger partial charge in [-0.15, -0.1) is 0 Å². The monoisotopic (exact) mass is 333 g/mol. The quantitative estimate of drug-likeness (QED) is 0.860. The minimum absolute atomic E-state index is 0.168. The molecule has 0 aliphatic carbocycles. The van der Waals surface area contributed by atoms with Crippen molar-refractivity contribution in [2.75, 3.05) is 5.32 Å². The summed E-state index contributed by atoms with van der Waals surface area (Å²) in [6, 6.07) is 12.2. The van der Waals surface area contributed by atoms with Gasteiger partial charge in [0, 0.05) is 17.0 Å². The maximum atomic E-state index is 11.1. The molecular formula is C15H12BrNO3. The van der Waals surface area contributed by atoms with Crippen LogP contribution in [0.15, 0.2) is 46.9 Å². The van der Waals surface area contributed by atoms with Crippen molar-refractivity contribution in [3.8, 4) is 11.5 Å². The molecule has 0 heterocycles. The number of rotatable bonds is 4. The molecule has 4 nitrogen and oxygen atoms in total. The zero-order valence-corrected chi connectivity index (χ0v) is 12.3. The van der Waals surface area contributed by atoms with Crippen molar-refractivity contribution in [1.82, 2.24) is 0 Å². The summed E-state index contributed by atoms with van der Waals surface area (Å²) in [4.78, 5) is 21.9. The molecule has 5 heteroatoms. The van der Waals surface area contributed by atoms with Gasteiger partial charge in [-0.25, -0.2) is 0 Å². The van der Waals surface area contributed by atoms with Gasteiger partial charge < -0.3 is 10.1 Å². The first-order chi connectivity index (χ1) is 9.60. The fourth-order valence-electron chi connectivity index (χ4n) is 1.64. The number of anilines is 1. The third-order valence-electron chi connectivity index (χ3n) is 2.52. The number of benzene rings is 2. The minimum atomic E-state index is -0.168. The van der Waals surface area contributed by atoms with E-state index < -0.39 is 0 Å². The summed E-state index contributed by atoms with van der Waals surface area (Å²) in [5, 5.41) is 2.70. The Morgan fingerprint density at radius 1 is 1.25 bits per heavy atom. The van der Waals surface area contributed by atoms with Crippen LogP contribution in [0.25, 0.3) is 0 Å². The topological polar surface area (TPSA) is 55.4 Å². The van der Waals surface area contributed by atoms with E-state index in [1.54, 1.807) is 30.3 Å². The van der Waals surface area contributed by atoms with Gasteiger partial charge in [-0.3, -0.25) is 9.59 Å². The van der Waals surface area contributed by atoms with E-state index in [-0.39, 0.29) is 5.91 Å². The van der Waals surface area contributed by atoms with Gasteiger partial charge >= 0.3 is 0 Å². The van der Waals surface area contributed by atoms with Crippen molar-refractivity contribution in [1.29, 1.82) is 0 Å². The van der Waals surface area contributed by atoms with Crippen molar-refractivity contribution in [3.63, 3.8) is 0 Å². The zero-order valence-electron chi connectivity index (χ0n) is 10.7. The molecule has 0 aromatic heterocycles. The van der Waals surface area contributed by atoms with Gasteiger partial charge in [-0.2, -0.15) is 0 Å². The molecule has 2 rings (SSSR count). The van der Waals surface area contributed by atoms with E-state index in [1.165, 1.54) is 6.92 Å². The molecule has 102 valence electrons. The summed E-state index contributed by atoms with van der Waals surface area (Å²) in [6.07, 6.45) is 0.763. The first kappa shape index (κ1) is 14.3. The van der Waals surface area contributed by atoms with Gasteiger partial charge in [0.1, 0.15) is 5.75 Å². The highest BCUT2D eigenvalue weighted by Crippen LogP contribution is 2.31. The fourth-order valence-corrected chi connectivity index (χ4v) is 2.09. The Kier molecular flexibility index (Phi) is 4.53. The number of ether oxygens (including phenoxy) is 1. The third kappa shape index (κ3) is 3.45. The summed E-state index contributed by atoms with van der Waals surface area (Å²) in [6.45, 7) is 1.44. The lowest BCUT2D eigenvalue weighted by Crippen LogP contribution is -2.06. The van der Waals surface area contributed by atoms with Crippen LogP contribution >= 0.6 is 15.9 Å². The van der Waals surface area contributed by atoms with E-state index in [0.717, 1.165) is 6.29 Å². The molecule has 1 N–H and O–H groups in total. The highest BCUT2D eigenvalue weighted by Gasteiger charge is 2.07. The van der Waals surface area contributed by atoms with Crippen LogP contribution < -0.4 is 10.1 Å². The van der Waals surface area contributed by atoms with Crippen molar-refractivity contribution in [2.24, 2.45) is 0 Å². The Labute approximate surface area is 124 Å². The molecule has 0 saturated heterocycles. The van der Waals surface area contributed by atoms with E-state index in [2.05, 4.69) is 21.2 Å². The third-order valence-corrected chi connectivity index (χ3v) is 3.21. The number of aldehydes is 1. The minimum Gasteiger partial charge on any atom is -0.455 e. The summed E-state index contributed by atoms with van der Waals surface area (Å²) in [7, 11) is 0. The van der Waals surface area contributed by atoms with Gasteiger partial charge in [0.15, 0.2) is 12.0 Å². The SMILES string of the molecule is CC(=O)Nc1ccccc1Oc1ccc(C=O)c(Br)c1. The summed E-state index contributed by atoms with van der Waals surface area (Å²) in [5.74, 6) is 0.937. The molecule has 0 atom stereocenters. The zero-order chi connectivity index (χ0) is 14.5. The molecule has 0 spiro atoms. The Morgan fingerprint density at radius 2 is 2.00 bits per heavy atom. The van der Waals surface area contributed by atoms with Crippen LogP contribution in [0.3, 0.4) is 0 Å². The fraction of sp³-hybridized carbons (Fsp3) is 0.0667. The Bertz CT molecular complexity index is 655. The number of para-hydroxylation sites is 2. The number of amides is 1. The van der Waals surface area contributed by atoms with E-state index in [0.29, 0.717) is 27.2 Å². The Balaban J connectivity index is 2.28. The average molecular weight is 334 g/mol. The molecular weight excluding hydrogens is 322 g/mol. The van der Waals surface area contributed by atoms with Gasteiger partial charge in [-0.1, -0.05) is 12.1 Å². The molecule has 2 aromatic rings. The summed E-state index contributed by atoms with van der Waals surface area (Å²) in [5.41, 5.74) is 1.14. The number of hydrogen-bond donors (Lipinski definition) is 1. The molecule has 0 aliphatic rings. The van der Waals surface area contributed by atoms with Crippen molar-refractivity contribution >= 4 is 33.8 Å². The normalized spacial score (nSPS) is 9.90. The van der Waals surface area contributed by atoms with Crippen LogP contribution in [0.5, 0.6) is 11.5 Å². The van der Waals surface area contributed by atoms with Crippen LogP contribution in [0.1, 0.15) is 17.3 Å². The van der Waals surface area contributed by atoms with Crippen LogP contribution in [-0.4, -0.2) is 12.2 Å². The highest BCUT2D eigenvalue weighted by atomic mass is 79.9. The van der Waals surface area contributed by atoms with Crippen LogP contribution in [0, 0.1) is 0 Å². The predicted octanol–water partition coefficient (Wildman–Crippen LogP) is 4.01. The maximum Gasteiger partial charge on any atom is 0.221 e. The molecule has 20 heavy (non-hydrogen) atoms. The van der Waals surface area contributed by atoms with Crippen LogP contribution in [0.2, 0.25) is 0 Å². The van der Waals surface area contributed by atoms with E-state index in [4.69, 9.17) is 4.74 Å². The smallest absolute Gasteiger partial charge is 0.221 e. The van der Waals surface area contributed by atoms with E-state index >= 15 is 0 Å². The number of carbonyl (C=O) groups is 2. The van der Waals surface area contributed by atoms with Crippen molar-refractivity contribution in [2.45, 2.75) is 6.92 Å². The van der Waals surface area contributed by atoms with Crippen LogP contribution in [-0.2, 0) is 4.79 Å². The van der Waals surface area contributed by atoms with E-state index in [9.17, 15) is 9.59 Å². The Morgan fingerprint density at radius 3 is 2.65 bits per heavy atom. The second-order valence-electron chi connectivity index (χ2n) is 4.08. The lowest BCUT2D eigenvalue weighted by Gasteiger charge is -2.11. The average Bonchev–Trinajstić information content (AvgIpc) is 2.41. The van der Waals surface area contributed by atoms with Gasteiger partial charge in [0.2, 0.25) is 5.91 Å². The molecule has 0 saturated carbocycles. The van der Waals surface area contributed by atoms with Crippen molar-refractivity contribution < 1.29 is 14.3 Å². The predicted molar refractivity (Wildman–Crippen MR) is 80.3 cm³/mol. The first-order valence-electron chi connectivity index (χ1n) is 5.89. The first-order valence-corrected chi connectivity index (χ1v) is 6.68. The number of hydrogen-bond acceptors (Lipinski definition) is 3. The van der Waals surface area contributed by atoms with Gasteiger partial charge in [0.25, 0.3) is 0 Å². The number of carbonyl (C=O) groups excluding carboxylic acids is 2.